The normalized spacial score (nSPS) is 22.0. The average Bonchev–Trinajstić information content (AvgIpc) is 3.04. The molecular weight excluding hydrogens is 639 g/mol. The largest absolute Gasteiger partial charge is 0.587 e. The lowest BCUT2D eigenvalue weighted by Crippen LogP contribution is -2.61. The SMILES string of the molecule is COC(=O)[C@]1(O[Si](C)(C)C(C)(C)C)C[C@@H](COP(=O)(Oc2ccccc2)Oc2ccccc2)[C@@H](O)[C@H](OCOCc2ccccc2)C1. The molecule has 0 aliphatic heterocycles. The number of ether oxygens (including phenoxy) is 3. The molecule has 0 unspecified atom stereocenters. The van der Waals surface area contributed by atoms with Crippen molar-refractivity contribution in [3.63, 3.8) is 0 Å². The molecule has 47 heavy (non-hydrogen) atoms. The predicted molar refractivity (Wildman–Crippen MR) is 180 cm³/mol. The standard InChI is InChI=1S/C35H47O10PSi/c1-34(2,3)47(5,6)45-35(33(37)39-4)22-28(32(36)31(23-35)41-26-40-24-27-16-10-7-11-17-27)25-42-46(38,43-29-18-12-8-13-19-29)44-30-20-14-9-15-21-30/h7-21,28,31-32,36H,22-26H2,1-6H3/t28-,31+,32+,35-/m0/s1. The third-order valence-corrected chi connectivity index (χ3v) is 14.5. The summed E-state index contributed by atoms with van der Waals surface area (Å²) >= 11 is 0. The first-order valence-corrected chi connectivity index (χ1v) is 20.1. The molecule has 0 heterocycles. The third-order valence-electron chi connectivity index (χ3n) is 8.65. The summed E-state index contributed by atoms with van der Waals surface area (Å²) in [6, 6.07) is 26.7. The Bertz CT molecular complexity index is 1410. The predicted octanol–water partition coefficient (Wildman–Crippen LogP) is 7.53. The number of phosphoric acid groups is 1. The Morgan fingerprint density at radius 2 is 1.43 bits per heavy atom. The summed E-state index contributed by atoms with van der Waals surface area (Å²) in [5, 5.41) is 11.4. The summed E-state index contributed by atoms with van der Waals surface area (Å²) in [7, 11) is -5.57. The zero-order valence-corrected chi connectivity index (χ0v) is 29.9. The Morgan fingerprint density at radius 1 is 0.894 bits per heavy atom. The molecule has 1 aliphatic rings. The van der Waals surface area contributed by atoms with Crippen LogP contribution in [0.1, 0.15) is 39.2 Å². The van der Waals surface area contributed by atoms with E-state index in [1.807, 2.05) is 43.4 Å². The average molecular weight is 687 g/mol. The number of esters is 1. The Morgan fingerprint density at radius 3 is 1.94 bits per heavy atom. The van der Waals surface area contributed by atoms with Crippen molar-refractivity contribution in [3.05, 3.63) is 96.6 Å². The number of aliphatic hydroxyl groups excluding tert-OH is 1. The molecule has 0 radical (unpaired) electrons. The van der Waals surface area contributed by atoms with Gasteiger partial charge in [0, 0.05) is 12.3 Å². The highest BCUT2D eigenvalue weighted by Crippen LogP contribution is 2.52. The fraction of sp³-hybridized carbons (Fsp3) is 0.457. The van der Waals surface area contributed by atoms with Crippen molar-refractivity contribution in [1.82, 2.24) is 0 Å². The molecule has 3 aromatic carbocycles. The van der Waals surface area contributed by atoms with Crippen LogP contribution in [0, 0.1) is 5.92 Å². The number of benzene rings is 3. The van der Waals surface area contributed by atoms with Crippen molar-refractivity contribution in [1.29, 1.82) is 0 Å². The van der Waals surface area contributed by atoms with Gasteiger partial charge in [0.25, 0.3) is 0 Å². The zero-order chi connectivity index (χ0) is 34.1. The van der Waals surface area contributed by atoms with Crippen LogP contribution in [0.3, 0.4) is 0 Å². The van der Waals surface area contributed by atoms with Crippen LogP contribution < -0.4 is 9.05 Å². The molecular formula is C35H47O10PSi. The maximum absolute atomic E-state index is 14.1. The number of methoxy groups -OCH3 is 1. The van der Waals surface area contributed by atoms with E-state index in [-0.39, 0.29) is 42.8 Å². The van der Waals surface area contributed by atoms with Gasteiger partial charge in [-0.1, -0.05) is 87.5 Å². The molecule has 12 heteroatoms. The first kappa shape index (κ1) is 36.8. The zero-order valence-electron chi connectivity index (χ0n) is 28.0. The van der Waals surface area contributed by atoms with E-state index in [2.05, 4.69) is 20.8 Å². The maximum atomic E-state index is 14.1. The minimum absolute atomic E-state index is 0.0226. The van der Waals surface area contributed by atoms with E-state index in [1.54, 1.807) is 60.7 Å². The Balaban J connectivity index is 1.61. The molecule has 1 aliphatic carbocycles. The van der Waals surface area contributed by atoms with Crippen molar-refractivity contribution in [2.45, 2.75) is 76.2 Å². The molecule has 0 bridgehead atoms. The fourth-order valence-corrected chi connectivity index (χ4v) is 7.97. The van der Waals surface area contributed by atoms with Gasteiger partial charge in [-0.15, -0.1) is 0 Å². The molecule has 1 N–H and O–H groups in total. The molecule has 0 amide bonds. The fourth-order valence-electron chi connectivity index (χ4n) is 5.16. The van der Waals surface area contributed by atoms with E-state index in [1.165, 1.54) is 7.11 Å². The van der Waals surface area contributed by atoms with Gasteiger partial charge in [0.05, 0.1) is 32.5 Å². The second kappa shape index (κ2) is 15.9. The van der Waals surface area contributed by atoms with Gasteiger partial charge in [-0.3, -0.25) is 4.52 Å². The Labute approximate surface area is 279 Å². The Kier molecular flexibility index (Phi) is 12.5. The number of aliphatic hydroxyl groups is 1. The van der Waals surface area contributed by atoms with E-state index in [0.29, 0.717) is 6.61 Å². The maximum Gasteiger partial charge on any atom is 0.587 e. The molecule has 256 valence electrons. The van der Waals surface area contributed by atoms with E-state index in [0.717, 1.165) is 5.56 Å². The molecule has 0 spiro atoms. The molecule has 1 saturated carbocycles. The van der Waals surface area contributed by atoms with Crippen LogP contribution in [0.5, 0.6) is 11.5 Å². The third kappa shape index (κ3) is 9.99. The number of carbonyl (C=O) groups is 1. The number of hydrogen-bond donors (Lipinski definition) is 1. The summed E-state index contributed by atoms with van der Waals surface area (Å²) in [6.07, 6.45) is -1.99. The number of phosphoric ester groups is 1. The summed E-state index contributed by atoms with van der Waals surface area (Å²) in [5.41, 5.74) is -0.510. The van der Waals surface area contributed by atoms with Gasteiger partial charge in [-0.05, 0) is 54.4 Å². The van der Waals surface area contributed by atoms with Gasteiger partial charge in [-0.25, -0.2) is 9.36 Å². The van der Waals surface area contributed by atoms with Gasteiger partial charge >= 0.3 is 13.8 Å². The summed E-state index contributed by atoms with van der Waals surface area (Å²) in [6.45, 7) is 10.2. The van der Waals surface area contributed by atoms with Crippen LogP contribution in [0.25, 0.3) is 0 Å². The minimum atomic E-state index is -4.30. The van der Waals surface area contributed by atoms with Crippen LogP contribution >= 0.6 is 7.82 Å². The van der Waals surface area contributed by atoms with Crippen molar-refractivity contribution in [2.75, 3.05) is 20.5 Å². The molecule has 4 rings (SSSR count). The molecule has 10 nitrogen and oxygen atoms in total. The number of hydrogen-bond acceptors (Lipinski definition) is 10. The number of para-hydroxylation sites is 2. The second-order valence-corrected chi connectivity index (χ2v) is 19.5. The summed E-state index contributed by atoms with van der Waals surface area (Å²) < 4.78 is 55.7. The highest BCUT2D eigenvalue weighted by molar-refractivity contribution is 7.49. The van der Waals surface area contributed by atoms with E-state index < -0.39 is 45.8 Å². The number of carbonyl (C=O) groups excluding carboxylic acids is 1. The summed E-state index contributed by atoms with van der Waals surface area (Å²) in [4.78, 5) is 13.7. The molecule has 0 saturated heterocycles. The van der Waals surface area contributed by atoms with E-state index >= 15 is 0 Å². The molecule has 0 aromatic heterocycles. The van der Waals surface area contributed by atoms with Gasteiger partial charge in [-0.2, -0.15) is 0 Å². The van der Waals surface area contributed by atoms with Gasteiger partial charge < -0.3 is 32.8 Å². The van der Waals surface area contributed by atoms with Crippen LogP contribution in [0.4, 0.5) is 0 Å². The highest BCUT2D eigenvalue weighted by atomic mass is 31.2. The van der Waals surface area contributed by atoms with Gasteiger partial charge in [0.1, 0.15) is 18.3 Å². The number of rotatable bonds is 15. The Hall–Kier alpha value is -3.02. The lowest BCUT2D eigenvalue weighted by molar-refractivity contribution is -0.201. The lowest BCUT2D eigenvalue weighted by Gasteiger charge is -2.50. The molecule has 4 atom stereocenters. The van der Waals surface area contributed by atoms with Crippen molar-refractivity contribution in [3.8, 4) is 11.5 Å². The first-order valence-electron chi connectivity index (χ1n) is 15.7. The van der Waals surface area contributed by atoms with Crippen LogP contribution in [0.15, 0.2) is 91.0 Å². The van der Waals surface area contributed by atoms with Crippen LogP contribution in [-0.4, -0.2) is 57.7 Å². The first-order chi connectivity index (χ1) is 22.3. The van der Waals surface area contributed by atoms with E-state index in [4.69, 9.17) is 32.2 Å². The molecule has 1 fully saturated rings. The lowest BCUT2D eigenvalue weighted by atomic mass is 9.75. The smallest absolute Gasteiger partial charge is 0.467 e. The van der Waals surface area contributed by atoms with Crippen LogP contribution in [0.2, 0.25) is 18.1 Å². The molecule has 3 aromatic rings. The highest BCUT2D eigenvalue weighted by Gasteiger charge is 2.56. The van der Waals surface area contributed by atoms with E-state index in [9.17, 15) is 14.5 Å². The van der Waals surface area contributed by atoms with Crippen molar-refractivity contribution in [2.24, 2.45) is 5.92 Å². The second-order valence-electron chi connectivity index (χ2n) is 13.2. The monoisotopic (exact) mass is 686 g/mol. The summed E-state index contributed by atoms with van der Waals surface area (Å²) in [5.74, 6) is -0.822. The quantitative estimate of drug-likeness (QED) is 0.0565. The van der Waals surface area contributed by atoms with Crippen molar-refractivity contribution < 1.29 is 46.7 Å². The minimum Gasteiger partial charge on any atom is -0.467 e. The van der Waals surface area contributed by atoms with Crippen LogP contribution in [-0.2, 0) is 39.1 Å². The van der Waals surface area contributed by atoms with Gasteiger partial charge in [0.2, 0.25) is 0 Å². The van der Waals surface area contributed by atoms with Crippen molar-refractivity contribution >= 4 is 22.1 Å². The topological polar surface area (TPSA) is 119 Å². The van der Waals surface area contributed by atoms with Gasteiger partial charge in [0.15, 0.2) is 13.9 Å².